The summed E-state index contributed by atoms with van der Waals surface area (Å²) in [6, 6.07) is 13.7. The lowest BCUT2D eigenvalue weighted by Gasteiger charge is -2.02. The SMILES string of the molecule is COc1cccc(SCc2noc(-c3ccc(F)cc3)n2)c1. The van der Waals surface area contributed by atoms with E-state index in [9.17, 15) is 4.39 Å². The molecular formula is C16H13FN2O2S. The lowest BCUT2D eigenvalue weighted by molar-refractivity contribution is 0.413. The first-order valence-electron chi connectivity index (χ1n) is 6.60. The molecule has 0 N–H and O–H groups in total. The zero-order valence-corrected chi connectivity index (χ0v) is 12.6. The number of nitrogens with zero attached hydrogens (tertiary/aromatic N) is 2. The lowest BCUT2D eigenvalue weighted by Crippen LogP contribution is -1.86. The smallest absolute Gasteiger partial charge is 0.257 e. The molecule has 0 spiro atoms. The van der Waals surface area contributed by atoms with Crippen molar-refractivity contribution in [2.24, 2.45) is 0 Å². The third-order valence-electron chi connectivity index (χ3n) is 2.97. The molecule has 0 aliphatic heterocycles. The Hall–Kier alpha value is -2.34. The van der Waals surface area contributed by atoms with Gasteiger partial charge in [-0.05, 0) is 42.5 Å². The summed E-state index contributed by atoms with van der Waals surface area (Å²) in [6.07, 6.45) is 0. The van der Waals surface area contributed by atoms with Gasteiger partial charge in [-0.15, -0.1) is 11.8 Å². The summed E-state index contributed by atoms with van der Waals surface area (Å²) in [5.74, 6) is 2.08. The Morgan fingerprint density at radius 1 is 1.18 bits per heavy atom. The second-order valence-electron chi connectivity index (χ2n) is 4.49. The molecule has 0 saturated heterocycles. The normalized spacial score (nSPS) is 10.6. The van der Waals surface area contributed by atoms with Crippen molar-refractivity contribution in [3.63, 3.8) is 0 Å². The molecule has 0 atom stereocenters. The van der Waals surface area contributed by atoms with Crippen molar-refractivity contribution in [2.45, 2.75) is 10.6 Å². The average molecular weight is 316 g/mol. The van der Waals surface area contributed by atoms with E-state index in [4.69, 9.17) is 9.26 Å². The minimum Gasteiger partial charge on any atom is -0.497 e. The summed E-state index contributed by atoms with van der Waals surface area (Å²) in [7, 11) is 1.64. The van der Waals surface area contributed by atoms with E-state index in [0.717, 1.165) is 10.6 Å². The molecule has 0 aliphatic rings. The first kappa shape index (κ1) is 14.6. The predicted octanol–water partition coefficient (Wildman–Crippen LogP) is 4.18. The van der Waals surface area contributed by atoms with Gasteiger partial charge in [0.05, 0.1) is 12.9 Å². The zero-order chi connectivity index (χ0) is 15.4. The van der Waals surface area contributed by atoms with E-state index in [1.54, 1.807) is 31.0 Å². The number of halogens is 1. The Balaban J connectivity index is 1.67. The molecule has 1 aromatic heterocycles. The van der Waals surface area contributed by atoms with Crippen LogP contribution in [-0.2, 0) is 5.75 Å². The standard InChI is InChI=1S/C16H13FN2O2S/c1-20-13-3-2-4-14(9-13)22-10-15-18-16(21-19-15)11-5-7-12(17)8-6-11/h2-9H,10H2,1H3. The van der Waals surface area contributed by atoms with Crippen LogP contribution in [0.5, 0.6) is 5.75 Å². The van der Waals surface area contributed by atoms with Gasteiger partial charge in [-0.2, -0.15) is 4.98 Å². The molecule has 0 bridgehead atoms. The summed E-state index contributed by atoms with van der Waals surface area (Å²) in [4.78, 5) is 5.38. The molecule has 0 saturated carbocycles. The second-order valence-corrected chi connectivity index (χ2v) is 5.54. The van der Waals surface area contributed by atoms with Crippen LogP contribution in [-0.4, -0.2) is 17.3 Å². The molecule has 0 fully saturated rings. The lowest BCUT2D eigenvalue weighted by atomic mass is 10.2. The summed E-state index contributed by atoms with van der Waals surface area (Å²) in [5.41, 5.74) is 0.700. The fourth-order valence-corrected chi connectivity index (χ4v) is 2.65. The minimum absolute atomic E-state index is 0.294. The zero-order valence-electron chi connectivity index (χ0n) is 11.8. The number of aromatic nitrogens is 2. The summed E-state index contributed by atoms with van der Waals surface area (Å²) in [5, 5.41) is 3.94. The van der Waals surface area contributed by atoms with Gasteiger partial charge in [0.1, 0.15) is 11.6 Å². The molecule has 0 unspecified atom stereocenters. The number of thioether (sulfide) groups is 1. The Kier molecular flexibility index (Phi) is 4.39. The van der Waals surface area contributed by atoms with Crippen LogP contribution in [0.4, 0.5) is 4.39 Å². The van der Waals surface area contributed by atoms with E-state index < -0.39 is 0 Å². The van der Waals surface area contributed by atoms with Crippen molar-refractivity contribution in [3.05, 3.63) is 60.2 Å². The number of hydrogen-bond acceptors (Lipinski definition) is 5. The van der Waals surface area contributed by atoms with Gasteiger partial charge in [0.25, 0.3) is 5.89 Å². The molecule has 2 aromatic carbocycles. The Morgan fingerprint density at radius 2 is 2.00 bits per heavy atom. The maximum Gasteiger partial charge on any atom is 0.257 e. The maximum atomic E-state index is 12.9. The highest BCUT2D eigenvalue weighted by Gasteiger charge is 2.09. The van der Waals surface area contributed by atoms with Crippen molar-refractivity contribution >= 4 is 11.8 Å². The number of hydrogen-bond donors (Lipinski definition) is 0. The Morgan fingerprint density at radius 3 is 2.77 bits per heavy atom. The largest absolute Gasteiger partial charge is 0.497 e. The number of rotatable bonds is 5. The van der Waals surface area contributed by atoms with Crippen LogP contribution < -0.4 is 4.74 Å². The Bertz CT molecular complexity index is 759. The van der Waals surface area contributed by atoms with Crippen LogP contribution in [0.1, 0.15) is 5.82 Å². The van der Waals surface area contributed by atoms with Crippen molar-refractivity contribution in [2.75, 3.05) is 7.11 Å². The van der Waals surface area contributed by atoms with E-state index in [0.29, 0.717) is 23.0 Å². The molecule has 0 aliphatic carbocycles. The van der Waals surface area contributed by atoms with Crippen molar-refractivity contribution < 1.29 is 13.7 Å². The van der Waals surface area contributed by atoms with Crippen LogP contribution in [0.25, 0.3) is 11.5 Å². The van der Waals surface area contributed by atoms with Crippen LogP contribution in [0.15, 0.2) is 57.9 Å². The van der Waals surface area contributed by atoms with E-state index in [-0.39, 0.29) is 5.82 Å². The van der Waals surface area contributed by atoms with Crippen LogP contribution >= 0.6 is 11.8 Å². The monoisotopic (exact) mass is 316 g/mol. The highest BCUT2D eigenvalue weighted by molar-refractivity contribution is 7.98. The molecule has 3 rings (SSSR count). The highest BCUT2D eigenvalue weighted by Crippen LogP contribution is 2.26. The number of methoxy groups -OCH3 is 1. The van der Waals surface area contributed by atoms with Crippen molar-refractivity contribution in [1.29, 1.82) is 0 Å². The van der Waals surface area contributed by atoms with Gasteiger partial charge in [0, 0.05) is 10.5 Å². The molecule has 0 amide bonds. The topological polar surface area (TPSA) is 48.2 Å². The van der Waals surface area contributed by atoms with Crippen LogP contribution in [0.2, 0.25) is 0 Å². The van der Waals surface area contributed by atoms with Gasteiger partial charge < -0.3 is 9.26 Å². The van der Waals surface area contributed by atoms with E-state index >= 15 is 0 Å². The fraction of sp³-hybridized carbons (Fsp3) is 0.125. The maximum absolute atomic E-state index is 12.9. The Labute approximate surface area is 131 Å². The summed E-state index contributed by atoms with van der Waals surface area (Å²) >= 11 is 1.59. The average Bonchev–Trinajstić information content (AvgIpc) is 3.03. The van der Waals surface area contributed by atoms with Crippen LogP contribution in [0.3, 0.4) is 0 Å². The van der Waals surface area contributed by atoms with Gasteiger partial charge >= 0.3 is 0 Å². The number of ether oxygens (including phenoxy) is 1. The third-order valence-corrected chi connectivity index (χ3v) is 3.96. The molecule has 3 aromatic rings. The molecule has 22 heavy (non-hydrogen) atoms. The van der Waals surface area contributed by atoms with Gasteiger partial charge in [-0.3, -0.25) is 0 Å². The van der Waals surface area contributed by atoms with Gasteiger partial charge in [-0.25, -0.2) is 4.39 Å². The van der Waals surface area contributed by atoms with E-state index in [1.165, 1.54) is 12.1 Å². The summed E-state index contributed by atoms with van der Waals surface area (Å²) in [6.45, 7) is 0. The number of benzene rings is 2. The molecule has 112 valence electrons. The molecular weight excluding hydrogens is 303 g/mol. The minimum atomic E-state index is -0.294. The first-order chi connectivity index (χ1) is 10.7. The van der Waals surface area contributed by atoms with E-state index in [2.05, 4.69) is 10.1 Å². The third kappa shape index (κ3) is 3.46. The second kappa shape index (κ2) is 6.62. The predicted molar refractivity (Wildman–Crippen MR) is 82.2 cm³/mol. The molecule has 1 heterocycles. The van der Waals surface area contributed by atoms with Crippen molar-refractivity contribution in [1.82, 2.24) is 10.1 Å². The van der Waals surface area contributed by atoms with Crippen molar-refractivity contribution in [3.8, 4) is 17.2 Å². The molecule has 0 radical (unpaired) electrons. The quantitative estimate of drug-likeness (QED) is 0.661. The highest BCUT2D eigenvalue weighted by atomic mass is 32.2. The van der Waals surface area contributed by atoms with Gasteiger partial charge in [0.2, 0.25) is 0 Å². The molecule has 4 nitrogen and oxygen atoms in total. The molecule has 6 heteroatoms. The first-order valence-corrected chi connectivity index (χ1v) is 7.58. The van der Waals surface area contributed by atoms with E-state index in [1.807, 2.05) is 24.3 Å². The van der Waals surface area contributed by atoms with Gasteiger partial charge in [0.15, 0.2) is 5.82 Å². The van der Waals surface area contributed by atoms with Crippen LogP contribution in [0, 0.1) is 5.82 Å². The summed E-state index contributed by atoms with van der Waals surface area (Å²) < 4.78 is 23.3. The fourth-order valence-electron chi connectivity index (χ4n) is 1.86. The van der Waals surface area contributed by atoms with Gasteiger partial charge in [-0.1, -0.05) is 11.2 Å².